The Morgan fingerprint density at radius 1 is 1.36 bits per heavy atom. The van der Waals surface area contributed by atoms with Crippen LogP contribution < -0.4 is 0 Å². The molecule has 0 spiro atoms. The molecule has 0 aromatic heterocycles. The number of hydrogen-bond acceptors (Lipinski definition) is 1. The zero-order valence-electron chi connectivity index (χ0n) is 7.44. The maximum atomic E-state index is 8.01. The van der Waals surface area contributed by atoms with Gasteiger partial charge in [-0.05, 0) is 29.8 Å². The van der Waals surface area contributed by atoms with Gasteiger partial charge in [0.2, 0.25) is 0 Å². The quantitative estimate of drug-likeness (QED) is 0.234. The van der Waals surface area contributed by atoms with Crippen molar-refractivity contribution in [1.82, 2.24) is 0 Å². The smallest absolute Gasteiger partial charge is 0.0406 e. The lowest BCUT2D eigenvalue weighted by Crippen LogP contribution is -1.75. The van der Waals surface area contributed by atoms with Crippen molar-refractivity contribution in [2.24, 2.45) is 5.11 Å². The fraction of sp³-hybridized carbons (Fsp3) is 0.200. The lowest BCUT2D eigenvalue weighted by Gasteiger charge is -1.89. The molecule has 0 amide bonds. The van der Waals surface area contributed by atoms with Crippen LogP contribution in [0.5, 0.6) is 0 Å². The van der Waals surface area contributed by atoms with Gasteiger partial charge in [-0.3, -0.25) is 0 Å². The van der Waals surface area contributed by atoms with Gasteiger partial charge in [-0.1, -0.05) is 28.6 Å². The molecule has 4 heteroatoms. The van der Waals surface area contributed by atoms with E-state index in [-0.39, 0.29) is 0 Å². The molecule has 14 heavy (non-hydrogen) atoms. The predicted molar refractivity (Wildman–Crippen MR) is 57.0 cm³/mol. The Bertz CT molecular complexity index is 394. The van der Waals surface area contributed by atoms with Crippen LogP contribution in [0.2, 0.25) is 5.02 Å². The fourth-order valence-corrected chi connectivity index (χ4v) is 0.974. The van der Waals surface area contributed by atoms with E-state index in [1.54, 1.807) is 12.1 Å². The molecule has 0 N–H and O–H groups in total. The number of halogens is 1. The van der Waals surface area contributed by atoms with Crippen molar-refractivity contribution in [3.05, 3.63) is 45.3 Å². The van der Waals surface area contributed by atoms with Crippen LogP contribution in [0.3, 0.4) is 0 Å². The first-order chi connectivity index (χ1) is 6.83. The Labute approximate surface area is 87.3 Å². The molecule has 0 heterocycles. The molecule has 1 rings (SSSR count). The number of nitrogens with zero attached hydrogens (tertiary/aromatic N) is 3. The normalized spacial score (nSPS) is 8.36. The Hall–Kier alpha value is -1.62. The highest BCUT2D eigenvalue weighted by Crippen LogP contribution is 2.08. The van der Waals surface area contributed by atoms with Gasteiger partial charge in [0, 0.05) is 28.5 Å². The SMILES string of the molecule is [N-]=[N+]=NCCC#Cc1ccc(Cl)cc1. The van der Waals surface area contributed by atoms with Gasteiger partial charge < -0.3 is 0 Å². The molecule has 70 valence electrons. The molecule has 1 aromatic carbocycles. The average Bonchev–Trinajstić information content (AvgIpc) is 2.21. The zero-order valence-corrected chi connectivity index (χ0v) is 8.20. The fourth-order valence-electron chi connectivity index (χ4n) is 0.848. The Morgan fingerprint density at radius 2 is 2.07 bits per heavy atom. The standard InChI is InChI=1S/C10H8ClN3/c11-10-6-4-9(5-7-10)3-1-2-8-13-14-12/h4-7H,2,8H2. The highest BCUT2D eigenvalue weighted by molar-refractivity contribution is 6.30. The first kappa shape index (κ1) is 10.5. The van der Waals surface area contributed by atoms with E-state index in [9.17, 15) is 0 Å². The van der Waals surface area contributed by atoms with Gasteiger partial charge in [0.1, 0.15) is 0 Å². The van der Waals surface area contributed by atoms with Crippen LogP contribution in [-0.4, -0.2) is 6.54 Å². The summed E-state index contributed by atoms with van der Waals surface area (Å²) in [5.41, 5.74) is 8.92. The minimum absolute atomic E-state index is 0.414. The van der Waals surface area contributed by atoms with Crippen LogP contribution in [0.4, 0.5) is 0 Å². The van der Waals surface area contributed by atoms with E-state index in [1.807, 2.05) is 12.1 Å². The molecule has 0 unspecified atom stereocenters. The van der Waals surface area contributed by atoms with Crippen molar-refractivity contribution in [3.8, 4) is 11.8 Å². The van der Waals surface area contributed by atoms with Crippen molar-refractivity contribution < 1.29 is 0 Å². The highest BCUT2D eigenvalue weighted by atomic mass is 35.5. The van der Waals surface area contributed by atoms with Crippen molar-refractivity contribution in [2.75, 3.05) is 6.54 Å². The lowest BCUT2D eigenvalue weighted by atomic mass is 10.2. The Balaban J connectivity index is 2.51. The van der Waals surface area contributed by atoms with Gasteiger partial charge >= 0.3 is 0 Å². The van der Waals surface area contributed by atoms with E-state index in [0.717, 1.165) is 5.56 Å². The minimum Gasteiger partial charge on any atom is -0.0978 e. The summed E-state index contributed by atoms with van der Waals surface area (Å²) in [5, 5.41) is 4.07. The van der Waals surface area contributed by atoms with Crippen molar-refractivity contribution >= 4 is 11.6 Å². The van der Waals surface area contributed by atoms with E-state index in [4.69, 9.17) is 17.1 Å². The molecular weight excluding hydrogens is 198 g/mol. The summed E-state index contributed by atoms with van der Waals surface area (Å²) in [5.74, 6) is 5.84. The maximum Gasteiger partial charge on any atom is 0.0406 e. The van der Waals surface area contributed by atoms with Gasteiger partial charge in [0.05, 0.1) is 0 Å². The molecule has 0 radical (unpaired) electrons. The molecule has 1 aromatic rings. The first-order valence-corrected chi connectivity index (χ1v) is 4.46. The number of rotatable bonds is 2. The van der Waals surface area contributed by atoms with Gasteiger partial charge in [0.15, 0.2) is 0 Å². The number of benzene rings is 1. The van der Waals surface area contributed by atoms with Crippen molar-refractivity contribution in [3.63, 3.8) is 0 Å². The predicted octanol–water partition coefficient (Wildman–Crippen LogP) is 3.39. The Morgan fingerprint density at radius 3 is 2.71 bits per heavy atom. The third-order valence-corrected chi connectivity index (χ3v) is 1.73. The second kappa shape index (κ2) is 5.93. The molecule has 0 aliphatic heterocycles. The highest BCUT2D eigenvalue weighted by Gasteiger charge is 1.86. The molecule has 0 fully saturated rings. The topological polar surface area (TPSA) is 48.8 Å². The largest absolute Gasteiger partial charge is 0.0978 e. The summed E-state index contributed by atoms with van der Waals surface area (Å²) in [6, 6.07) is 7.28. The van der Waals surface area contributed by atoms with Crippen LogP contribution in [0.25, 0.3) is 10.4 Å². The van der Waals surface area contributed by atoms with Crippen molar-refractivity contribution in [2.45, 2.75) is 6.42 Å². The molecule has 0 saturated carbocycles. The average molecular weight is 206 g/mol. The summed E-state index contributed by atoms with van der Waals surface area (Å²) in [6.45, 7) is 0.414. The maximum absolute atomic E-state index is 8.01. The third kappa shape index (κ3) is 3.86. The second-order valence-corrected chi connectivity index (χ2v) is 2.95. The van der Waals surface area contributed by atoms with E-state index in [0.29, 0.717) is 18.0 Å². The summed E-state index contributed by atoms with van der Waals surface area (Å²) >= 11 is 5.71. The van der Waals surface area contributed by atoms with E-state index >= 15 is 0 Å². The monoisotopic (exact) mass is 205 g/mol. The van der Waals surface area contributed by atoms with Crippen LogP contribution in [0, 0.1) is 11.8 Å². The van der Waals surface area contributed by atoms with E-state index in [1.165, 1.54) is 0 Å². The van der Waals surface area contributed by atoms with Gasteiger partial charge in [-0.25, -0.2) is 0 Å². The zero-order chi connectivity index (χ0) is 10.2. The van der Waals surface area contributed by atoms with Crippen LogP contribution in [0.1, 0.15) is 12.0 Å². The van der Waals surface area contributed by atoms with E-state index in [2.05, 4.69) is 21.9 Å². The molecule has 0 aliphatic carbocycles. The van der Waals surface area contributed by atoms with Gasteiger partial charge in [0.25, 0.3) is 0 Å². The lowest BCUT2D eigenvalue weighted by molar-refractivity contribution is 1.01. The van der Waals surface area contributed by atoms with Gasteiger partial charge in [-0.15, -0.1) is 0 Å². The van der Waals surface area contributed by atoms with Crippen molar-refractivity contribution in [1.29, 1.82) is 0 Å². The van der Waals surface area contributed by atoms with Crippen LogP contribution in [0.15, 0.2) is 29.4 Å². The first-order valence-electron chi connectivity index (χ1n) is 4.08. The summed E-state index contributed by atoms with van der Waals surface area (Å²) in [6.07, 6.45) is 0.576. The molecular formula is C10H8ClN3. The minimum atomic E-state index is 0.414. The number of hydrogen-bond donors (Lipinski definition) is 0. The summed E-state index contributed by atoms with van der Waals surface area (Å²) in [4.78, 5) is 2.63. The molecule has 0 saturated heterocycles. The van der Waals surface area contributed by atoms with E-state index < -0.39 is 0 Å². The molecule has 0 bridgehead atoms. The van der Waals surface area contributed by atoms with Gasteiger partial charge in [-0.2, -0.15) is 0 Å². The summed E-state index contributed by atoms with van der Waals surface area (Å²) < 4.78 is 0. The molecule has 3 nitrogen and oxygen atoms in total. The Kier molecular flexibility index (Phi) is 4.43. The number of azide groups is 1. The van der Waals surface area contributed by atoms with Crippen LogP contribution in [-0.2, 0) is 0 Å². The second-order valence-electron chi connectivity index (χ2n) is 2.51. The third-order valence-electron chi connectivity index (χ3n) is 1.48. The summed E-state index contributed by atoms with van der Waals surface area (Å²) in [7, 11) is 0. The molecule has 0 aliphatic rings. The van der Waals surface area contributed by atoms with Crippen LogP contribution >= 0.6 is 11.6 Å². The molecule has 0 atom stereocenters.